The van der Waals surface area contributed by atoms with Crippen LogP contribution >= 0.6 is 0 Å². The molecule has 1 aliphatic rings. The highest BCUT2D eigenvalue weighted by atomic mass is 16.1. The summed E-state index contributed by atoms with van der Waals surface area (Å²) >= 11 is 0. The first-order valence-electron chi connectivity index (χ1n) is 8.50. The van der Waals surface area contributed by atoms with Crippen molar-refractivity contribution >= 4 is 17.4 Å². The van der Waals surface area contributed by atoms with E-state index in [4.69, 9.17) is 0 Å². The van der Waals surface area contributed by atoms with Gasteiger partial charge in [0, 0.05) is 24.8 Å². The molecule has 0 saturated carbocycles. The van der Waals surface area contributed by atoms with E-state index in [1.54, 1.807) is 6.07 Å². The van der Waals surface area contributed by atoms with E-state index in [0.29, 0.717) is 17.4 Å². The Morgan fingerprint density at radius 1 is 1.25 bits per heavy atom. The summed E-state index contributed by atoms with van der Waals surface area (Å²) in [5, 5.41) is 2.94. The van der Waals surface area contributed by atoms with Gasteiger partial charge in [-0.05, 0) is 44.2 Å². The summed E-state index contributed by atoms with van der Waals surface area (Å²) < 4.78 is 0. The lowest BCUT2D eigenvalue weighted by molar-refractivity contribution is 0.102. The van der Waals surface area contributed by atoms with Crippen LogP contribution in [0.3, 0.4) is 0 Å². The molecular weight excluding hydrogens is 300 g/mol. The normalized spacial score (nSPS) is 17.6. The minimum absolute atomic E-state index is 0.193. The number of hydrogen-bond acceptors (Lipinski definition) is 4. The second-order valence-electron chi connectivity index (χ2n) is 6.62. The molecule has 1 aromatic heterocycles. The van der Waals surface area contributed by atoms with Crippen molar-refractivity contribution < 1.29 is 4.79 Å². The molecule has 5 heteroatoms. The maximum Gasteiger partial charge on any atom is 0.274 e. The number of hydrogen-bond donors (Lipinski definition) is 1. The smallest absolute Gasteiger partial charge is 0.274 e. The lowest BCUT2D eigenvalue weighted by Crippen LogP contribution is -2.35. The van der Waals surface area contributed by atoms with Crippen LogP contribution < -0.4 is 10.2 Å². The Morgan fingerprint density at radius 3 is 2.79 bits per heavy atom. The van der Waals surface area contributed by atoms with Gasteiger partial charge < -0.3 is 10.2 Å². The van der Waals surface area contributed by atoms with Gasteiger partial charge in [0.2, 0.25) is 0 Å². The summed E-state index contributed by atoms with van der Waals surface area (Å²) in [5.41, 5.74) is 2.26. The van der Waals surface area contributed by atoms with Gasteiger partial charge in [-0.1, -0.05) is 25.1 Å². The van der Waals surface area contributed by atoms with Crippen molar-refractivity contribution in [2.45, 2.75) is 33.6 Å². The fourth-order valence-electron chi connectivity index (χ4n) is 3.13. The summed E-state index contributed by atoms with van der Waals surface area (Å²) in [6.07, 6.45) is 2.41. The monoisotopic (exact) mass is 324 g/mol. The van der Waals surface area contributed by atoms with Gasteiger partial charge in [0.25, 0.3) is 5.91 Å². The molecule has 2 aromatic rings. The summed E-state index contributed by atoms with van der Waals surface area (Å²) in [7, 11) is 0. The van der Waals surface area contributed by atoms with Crippen molar-refractivity contribution in [3.05, 3.63) is 47.4 Å². The van der Waals surface area contributed by atoms with E-state index in [9.17, 15) is 4.79 Å². The van der Waals surface area contributed by atoms with Gasteiger partial charge in [0.05, 0.1) is 0 Å². The number of piperidine rings is 1. The molecule has 24 heavy (non-hydrogen) atoms. The van der Waals surface area contributed by atoms with Crippen LogP contribution in [0.2, 0.25) is 0 Å². The molecular formula is C19H24N4O. The Kier molecular flexibility index (Phi) is 4.79. The highest BCUT2D eigenvalue weighted by Gasteiger charge is 2.20. The van der Waals surface area contributed by atoms with Crippen LogP contribution in [0.5, 0.6) is 0 Å². The molecule has 2 heterocycles. The molecule has 0 aliphatic carbocycles. The SMILES string of the molecule is Cc1nc(C(=O)Nc2ccccc2C)cc(N2CCCC(C)C2)n1. The molecule has 1 atom stereocenters. The Labute approximate surface area is 143 Å². The molecule has 1 saturated heterocycles. The predicted molar refractivity (Wildman–Crippen MR) is 96.5 cm³/mol. The predicted octanol–water partition coefficient (Wildman–Crippen LogP) is 3.58. The number of nitrogens with one attached hydrogen (secondary N) is 1. The Hall–Kier alpha value is -2.43. The van der Waals surface area contributed by atoms with Gasteiger partial charge in [-0.2, -0.15) is 0 Å². The van der Waals surface area contributed by atoms with Crippen LogP contribution in [0.1, 0.15) is 41.6 Å². The summed E-state index contributed by atoms with van der Waals surface area (Å²) in [5.74, 6) is 1.93. The van der Waals surface area contributed by atoms with Gasteiger partial charge in [0.15, 0.2) is 0 Å². The molecule has 5 nitrogen and oxygen atoms in total. The Bertz CT molecular complexity index is 744. The molecule has 0 bridgehead atoms. The van der Waals surface area contributed by atoms with Crippen LogP contribution in [-0.4, -0.2) is 29.0 Å². The average molecular weight is 324 g/mol. The third kappa shape index (κ3) is 3.72. The van der Waals surface area contributed by atoms with Crippen molar-refractivity contribution in [2.75, 3.05) is 23.3 Å². The number of nitrogens with zero attached hydrogens (tertiary/aromatic N) is 3. The number of aromatic nitrogens is 2. The number of amides is 1. The standard InChI is InChI=1S/C19H24N4O/c1-13-7-6-10-23(12-13)18-11-17(20-15(3)21-18)19(24)22-16-9-5-4-8-14(16)2/h4-5,8-9,11,13H,6-7,10,12H2,1-3H3,(H,22,24). The molecule has 1 unspecified atom stereocenters. The Morgan fingerprint density at radius 2 is 2.04 bits per heavy atom. The van der Waals surface area contributed by atoms with Gasteiger partial charge in [-0.3, -0.25) is 4.79 Å². The lowest BCUT2D eigenvalue weighted by atomic mass is 10.0. The zero-order valence-electron chi connectivity index (χ0n) is 14.5. The van der Waals surface area contributed by atoms with E-state index in [0.717, 1.165) is 36.6 Å². The lowest BCUT2D eigenvalue weighted by Gasteiger charge is -2.32. The van der Waals surface area contributed by atoms with E-state index in [1.807, 2.05) is 38.1 Å². The molecule has 1 fully saturated rings. The van der Waals surface area contributed by atoms with Crippen LogP contribution in [0.15, 0.2) is 30.3 Å². The topological polar surface area (TPSA) is 58.1 Å². The zero-order valence-corrected chi connectivity index (χ0v) is 14.5. The quantitative estimate of drug-likeness (QED) is 0.937. The molecule has 1 aliphatic heterocycles. The zero-order chi connectivity index (χ0) is 17.1. The largest absolute Gasteiger partial charge is 0.356 e. The van der Waals surface area contributed by atoms with E-state index < -0.39 is 0 Å². The number of anilines is 2. The van der Waals surface area contributed by atoms with Crippen molar-refractivity contribution in [2.24, 2.45) is 5.92 Å². The third-order valence-corrected chi connectivity index (χ3v) is 4.43. The highest BCUT2D eigenvalue weighted by Crippen LogP contribution is 2.22. The number of carbonyl (C=O) groups is 1. The first kappa shape index (κ1) is 16.4. The van der Waals surface area contributed by atoms with Crippen LogP contribution in [0.25, 0.3) is 0 Å². The van der Waals surface area contributed by atoms with Crippen molar-refractivity contribution in [1.29, 1.82) is 0 Å². The third-order valence-electron chi connectivity index (χ3n) is 4.43. The highest BCUT2D eigenvalue weighted by molar-refractivity contribution is 6.03. The second-order valence-corrected chi connectivity index (χ2v) is 6.62. The minimum Gasteiger partial charge on any atom is -0.356 e. The summed E-state index contributed by atoms with van der Waals surface area (Å²) in [6, 6.07) is 9.54. The number of rotatable bonds is 3. The maximum atomic E-state index is 12.6. The first-order valence-corrected chi connectivity index (χ1v) is 8.50. The second kappa shape index (κ2) is 6.99. The number of aryl methyl sites for hydroxylation is 2. The van der Waals surface area contributed by atoms with Gasteiger partial charge in [-0.15, -0.1) is 0 Å². The molecule has 126 valence electrons. The van der Waals surface area contributed by atoms with E-state index >= 15 is 0 Å². The molecule has 3 rings (SSSR count). The Balaban J connectivity index is 1.83. The van der Waals surface area contributed by atoms with E-state index in [1.165, 1.54) is 6.42 Å². The number of carbonyl (C=O) groups excluding carboxylic acids is 1. The fraction of sp³-hybridized carbons (Fsp3) is 0.421. The van der Waals surface area contributed by atoms with Gasteiger partial charge in [0.1, 0.15) is 17.3 Å². The van der Waals surface area contributed by atoms with Crippen molar-refractivity contribution in [1.82, 2.24) is 9.97 Å². The van der Waals surface area contributed by atoms with Crippen molar-refractivity contribution in [3.8, 4) is 0 Å². The minimum atomic E-state index is -0.193. The molecule has 1 amide bonds. The molecule has 0 spiro atoms. The molecule has 1 N–H and O–H groups in total. The van der Waals surface area contributed by atoms with Gasteiger partial charge in [-0.25, -0.2) is 9.97 Å². The van der Waals surface area contributed by atoms with E-state index in [-0.39, 0.29) is 5.91 Å². The van der Waals surface area contributed by atoms with Crippen LogP contribution in [-0.2, 0) is 0 Å². The first-order chi connectivity index (χ1) is 11.5. The average Bonchev–Trinajstić information content (AvgIpc) is 2.56. The molecule has 0 radical (unpaired) electrons. The van der Waals surface area contributed by atoms with E-state index in [2.05, 4.69) is 27.1 Å². The van der Waals surface area contributed by atoms with Crippen LogP contribution in [0.4, 0.5) is 11.5 Å². The molecule has 1 aromatic carbocycles. The number of para-hydroxylation sites is 1. The maximum absolute atomic E-state index is 12.6. The fourth-order valence-corrected chi connectivity index (χ4v) is 3.13. The number of benzene rings is 1. The van der Waals surface area contributed by atoms with Crippen molar-refractivity contribution in [3.63, 3.8) is 0 Å². The van der Waals surface area contributed by atoms with Crippen LogP contribution in [0, 0.1) is 19.8 Å². The summed E-state index contributed by atoms with van der Waals surface area (Å²) in [6.45, 7) is 8.03. The van der Waals surface area contributed by atoms with Gasteiger partial charge >= 0.3 is 0 Å². The summed E-state index contributed by atoms with van der Waals surface area (Å²) in [4.78, 5) is 23.7.